The van der Waals surface area contributed by atoms with E-state index >= 15 is 0 Å². The van der Waals surface area contributed by atoms with Gasteiger partial charge in [0.2, 0.25) is 5.71 Å². The van der Waals surface area contributed by atoms with Gasteiger partial charge in [-0.15, -0.1) is 11.3 Å². The number of aryl methyl sites for hydroxylation is 1. The molecule has 0 amide bonds. The molecule has 0 atom stereocenters. The second-order valence-electron chi connectivity index (χ2n) is 4.82. The molecule has 0 radical (unpaired) electrons. The van der Waals surface area contributed by atoms with Crippen LogP contribution in [-0.4, -0.2) is 20.7 Å². The molecular formula is C15H14N4O4S. The van der Waals surface area contributed by atoms with Gasteiger partial charge in [0.1, 0.15) is 16.1 Å². The Morgan fingerprint density at radius 3 is 2.92 bits per heavy atom. The molecule has 0 aromatic carbocycles. The zero-order valence-electron chi connectivity index (χ0n) is 13.0. The predicted octanol–water partition coefficient (Wildman–Crippen LogP) is 2.09. The van der Waals surface area contributed by atoms with Gasteiger partial charge in [-0.1, -0.05) is 19.0 Å². The van der Waals surface area contributed by atoms with Crippen LogP contribution in [0.4, 0.5) is 0 Å². The predicted molar refractivity (Wildman–Crippen MR) is 89.8 cm³/mol. The number of hydrogen-bond acceptors (Lipinski definition) is 8. The summed E-state index contributed by atoms with van der Waals surface area (Å²) in [6.07, 6.45) is 2.78. The van der Waals surface area contributed by atoms with Crippen molar-refractivity contribution in [2.75, 3.05) is 0 Å². The summed E-state index contributed by atoms with van der Waals surface area (Å²) in [5.74, 6) is 0. The summed E-state index contributed by atoms with van der Waals surface area (Å²) in [7, 11) is 0. The van der Waals surface area contributed by atoms with Gasteiger partial charge >= 0.3 is 11.6 Å². The smallest absolute Gasteiger partial charge is 0.337 e. The van der Waals surface area contributed by atoms with Gasteiger partial charge in [-0.3, -0.25) is 9.78 Å². The molecule has 24 heavy (non-hydrogen) atoms. The summed E-state index contributed by atoms with van der Waals surface area (Å²) in [5.41, 5.74) is 0.112. The van der Waals surface area contributed by atoms with Crippen LogP contribution in [0.25, 0.3) is 11.1 Å². The van der Waals surface area contributed by atoms with Crippen molar-refractivity contribution in [1.82, 2.24) is 15.0 Å². The van der Waals surface area contributed by atoms with Gasteiger partial charge in [-0.2, -0.15) is 4.98 Å². The highest BCUT2D eigenvalue weighted by Crippen LogP contribution is 2.14. The van der Waals surface area contributed by atoms with Crippen LogP contribution < -0.4 is 16.0 Å². The van der Waals surface area contributed by atoms with Crippen molar-refractivity contribution in [2.24, 2.45) is 5.16 Å². The molecule has 8 nitrogen and oxygen atoms in total. The number of nitrogens with zero attached hydrogens (tertiary/aromatic N) is 3. The molecule has 1 N–H and O–H groups in total. The third-order valence-corrected chi connectivity index (χ3v) is 4.13. The van der Waals surface area contributed by atoms with Gasteiger partial charge < -0.3 is 9.25 Å². The van der Waals surface area contributed by atoms with E-state index < -0.39 is 11.2 Å². The Hall–Kier alpha value is -2.81. The van der Waals surface area contributed by atoms with Gasteiger partial charge in [0.05, 0.1) is 0 Å². The highest BCUT2D eigenvalue weighted by atomic mass is 32.1. The Morgan fingerprint density at radius 1 is 1.42 bits per heavy atom. The first-order chi connectivity index (χ1) is 11.6. The first kappa shape index (κ1) is 16.1. The van der Waals surface area contributed by atoms with Gasteiger partial charge in [-0.05, 0) is 18.4 Å². The van der Waals surface area contributed by atoms with E-state index in [1.54, 1.807) is 6.20 Å². The van der Waals surface area contributed by atoms with E-state index in [2.05, 4.69) is 20.1 Å². The minimum Gasteiger partial charge on any atom is -0.403 e. The van der Waals surface area contributed by atoms with Crippen LogP contribution in [0.2, 0.25) is 0 Å². The summed E-state index contributed by atoms with van der Waals surface area (Å²) < 4.78 is 5.01. The van der Waals surface area contributed by atoms with Crippen LogP contribution in [0, 0.1) is 0 Å². The van der Waals surface area contributed by atoms with Crippen LogP contribution in [-0.2, 0) is 6.42 Å². The molecule has 0 saturated heterocycles. The number of rotatable bonds is 5. The molecule has 0 aliphatic rings. The normalized spacial score (nSPS) is 11.8. The zero-order valence-corrected chi connectivity index (χ0v) is 13.8. The van der Waals surface area contributed by atoms with Crippen molar-refractivity contribution in [3.8, 4) is 6.01 Å². The SMILES string of the molecule is CC/C(=N/Oc1nc2oc(=O)cc(CC)c2c(=O)[nH]1)c1nccs1. The first-order valence-corrected chi connectivity index (χ1v) is 8.21. The second-order valence-corrected chi connectivity index (χ2v) is 5.71. The maximum absolute atomic E-state index is 12.2. The summed E-state index contributed by atoms with van der Waals surface area (Å²) in [6, 6.07) is 1.14. The van der Waals surface area contributed by atoms with Crippen LogP contribution in [0.1, 0.15) is 30.8 Å². The number of aromatic nitrogens is 3. The van der Waals surface area contributed by atoms with Gasteiger partial charge in [0.25, 0.3) is 5.56 Å². The Labute approximate surface area is 139 Å². The quantitative estimate of drug-likeness (QED) is 0.559. The van der Waals surface area contributed by atoms with Gasteiger partial charge in [0, 0.05) is 17.6 Å². The van der Waals surface area contributed by atoms with Crippen LogP contribution >= 0.6 is 11.3 Å². The van der Waals surface area contributed by atoms with Crippen molar-refractivity contribution in [2.45, 2.75) is 26.7 Å². The van der Waals surface area contributed by atoms with Crippen molar-refractivity contribution in [1.29, 1.82) is 0 Å². The molecule has 9 heteroatoms. The maximum Gasteiger partial charge on any atom is 0.337 e. The van der Waals surface area contributed by atoms with E-state index in [-0.39, 0.29) is 17.1 Å². The molecule has 0 unspecified atom stereocenters. The minimum atomic E-state index is -0.566. The fourth-order valence-electron chi connectivity index (χ4n) is 2.17. The average Bonchev–Trinajstić information content (AvgIpc) is 3.08. The number of thiazole rings is 1. The summed E-state index contributed by atoms with van der Waals surface area (Å²) in [6.45, 7) is 3.75. The highest BCUT2D eigenvalue weighted by molar-refractivity contribution is 7.11. The summed E-state index contributed by atoms with van der Waals surface area (Å²) >= 11 is 1.43. The molecule has 3 aromatic heterocycles. The van der Waals surface area contributed by atoms with Crippen molar-refractivity contribution >= 4 is 28.1 Å². The second kappa shape index (κ2) is 6.75. The standard InChI is InChI=1S/C15H14N4O4S/c1-3-8-7-10(20)22-13-11(8)12(21)17-15(18-13)23-19-9(4-2)14-16-5-6-24-14/h5-7H,3-4H2,1-2H3,(H,17,18,21)/b19-9-. The van der Waals surface area contributed by atoms with E-state index in [1.807, 2.05) is 19.2 Å². The van der Waals surface area contributed by atoms with Crippen molar-refractivity contribution in [3.63, 3.8) is 0 Å². The monoisotopic (exact) mass is 346 g/mol. The Balaban J connectivity index is 2.02. The maximum atomic E-state index is 12.2. The van der Waals surface area contributed by atoms with Crippen molar-refractivity contribution < 1.29 is 9.25 Å². The summed E-state index contributed by atoms with van der Waals surface area (Å²) in [4.78, 5) is 39.7. The first-order valence-electron chi connectivity index (χ1n) is 7.33. The van der Waals surface area contributed by atoms with E-state index in [0.29, 0.717) is 24.1 Å². The van der Waals surface area contributed by atoms with E-state index in [1.165, 1.54) is 17.4 Å². The average molecular weight is 346 g/mol. The largest absolute Gasteiger partial charge is 0.403 e. The Morgan fingerprint density at radius 2 is 2.25 bits per heavy atom. The topological polar surface area (TPSA) is 110 Å². The van der Waals surface area contributed by atoms with E-state index in [4.69, 9.17) is 9.25 Å². The molecule has 3 rings (SSSR count). The molecule has 0 aliphatic carbocycles. The highest BCUT2D eigenvalue weighted by Gasteiger charge is 2.13. The lowest BCUT2D eigenvalue weighted by atomic mass is 10.1. The number of hydrogen-bond donors (Lipinski definition) is 1. The lowest BCUT2D eigenvalue weighted by molar-refractivity contribution is 0.310. The number of fused-ring (bicyclic) bond motifs is 1. The minimum absolute atomic E-state index is 0.0689. The summed E-state index contributed by atoms with van der Waals surface area (Å²) in [5, 5.41) is 6.77. The Bertz CT molecular complexity index is 1000. The van der Waals surface area contributed by atoms with Crippen LogP contribution in [0.15, 0.2) is 36.8 Å². The van der Waals surface area contributed by atoms with Crippen molar-refractivity contribution in [3.05, 3.63) is 49.0 Å². The van der Waals surface area contributed by atoms with E-state index in [0.717, 1.165) is 5.01 Å². The molecule has 0 saturated carbocycles. The number of nitrogens with one attached hydrogen (secondary N) is 1. The molecule has 3 aromatic rings. The Kier molecular flexibility index (Phi) is 4.52. The zero-order chi connectivity index (χ0) is 17.1. The number of oxime groups is 1. The molecule has 0 bridgehead atoms. The third-order valence-electron chi connectivity index (χ3n) is 3.31. The van der Waals surface area contributed by atoms with Crippen LogP contribution in [0.5, 0.6) is 6.01 Å². The lowest BCUT2D eigenvalue weighted by Crippen LogP contribution is -2.14. The molecular weight excluding hydrogens is 332 g/mol. The lowest BCUT2D eigenvalue weighted by Gasteiger charge is -2.03. The fraction of sp³-hybridized carbons (Fsp3) is 0.267. The molecule has 3 heterocycles. The third kappa shape index (κ3) is 3.11. The number of H-pyrrole nitrogens is 1. The molecule has 124 valence electrons. The van der Waals surface area contributed by atoms with Gasteiger partial charge in [-0.25, -0.2) is 9.78 Å². The van der Waals surface area contributed by atoms with Gasteiger partial charge in [0.15, 0.2) is 0 Å². The molecule has 0 spiro atoms. The molecule has 0 fully saturated rings. The fourth-order valence-corrected chi connectivity index (χ4v) is 2.86. The number of aromatic amines is 1. The van der Waals surface area contributed by atoms with Crippen LogP contribution in [0.3, 0.4) is 0 Å². The van der Waals surface area contributed by atoms with E-state index in [9.17, 15) is 9.59 Å². The molecule has 0 aliphatic heterocycles.